The molecule has 0 saturated carbocycles. The first-order valence-corrected chi connectivity index (χ1v) is 6.51. The normalized spacial score (nSPS) is 11.3. The average Bonchev–Trinajstić information content (AvgIpc) is 2.34. The first kappa shape index (κ1) is 18.2. The number of aryl methyl sites for hydroxylation is 1. The Morgan fingerprint density at radius 1 is 1.32 bits per heavy atom. The second-order valence-electron chi connectivity index (χ2n) is 4.29. The summed E-state index contributed by atoms with van der Waals surface area (Å²) in [7, 11) is 0. The molecule has 0 unspecified atom stereocenters. The number of nitrogens with two attached hydrogens (primary N) is 1. The summed E-state index contributed by atoms with van der Waals surface area (Å²) in [5.74, 6) is 0.479. The molecule has 0 aliphatic heterocycles. The number of benzene rings is 1. The smallest absolute Gasteiger partial charge is 0.193 e. The summed E-state index contributed by atoms with van der Waals surface area (Å²) in [4.78, 5) is 6.65. The highest BCUT2D eigenvalue weighted by molar-refractivity contribution is 14.0. The molecule has 1 rings (SSSR count). The van der Waals surface area contributed by atoms with E-state index < -0.39 is 0 Å². The molecule has 108 valence electrons. The van der Waals surface area contributed by atoms with Gasteiger partial charge in [0.25, 0.3) is 0 Å². The van der Waals surface area contributed by atoms with Crippen molar-refractivity contribution in [2.24, 2.45) is 10.7 Å². The Morgan fingerprint density at radius 2 is 2.00 bits per heavy atom. The fourth-order valence-electron chi connectivity index (χ4n) is 1.76. The molecule has 0 spiro atoms. The van der Waals surface area contributed by atoms with Gasteiger partial charge in [-0.3, -0.25) is 4.99 Å². The standard InChI is InChI=1S/C14H24N4.HI/c1-4-18(5-2)10-9-16-14(15)17-13-8-6-7-12(3)11-13;/h6-8,11H,4-5,9-10H2,1-3H3,(H3,15,16,17);1H. The summed E-state index contributed by atoms with van der Waals surface area (Å²) in [5.41, 5.74) is 8.04. The van der Waals surface area contributed by atoms with Crippen LogP contribution in [0.25, 0.3) is 0 Å². The number of hydrogen-bond acceptors (Lipinski definition) is 2. The van der Waals surface area contributed by atoms with Crippen LogP contribution in [0.3, 0.4) is 0 Å². The minimum atomic E-state index is 0. The van der Waals surface area contributed by atoms with Gasteiger partial charge in [-0.1, -0.05) is 26.0 Å². The average molecular weight is 376 g/mol. The molecule has 4 nitrogen and oxygen atoms in total. The maximum atomic E-state index is 5.85. The molecular formula is C14H25IN4. The minimum absolute atomic E-state index is 0. The van der Waals surface area contributed by atoms with Crippen molar-refractivity contribution in [3.63, 3.8) is 0 Å². The van der Waals surface area contributed by atoms with Gasteiger partial charge in [0, 0.05) is 12.2 Å². The van der Waals surface area contributed by atoms with Crippen LogP contribution in [-0.2, 0) is 0 Å². The lowest BCUT2D eigenvalue weighted by molar-refractivity contribution is 0.313. The molecule has 0 radical (unpaired) electrons. The van der Waals surface area contributed by atoms with Crippen molar-refractivity contribution >= 4 is 35.6 Å². The van der Waals surface area contributed by atoms with E-state index in [1.54, 1.807) is 0 Å². The summed E-state index contributed by atoms with van der Waals surface area (Å²) < 4.78 is 0. The molecule has 1 aromatic rings. The van der Waals surface area contributed by atoms with Crippen LogP contribution in [0.2, 0.25) is 0 Å². The van der Waals surface area contributed by atoms with Crippen molar-refractivity contribution in [1.82, 2.24) is 4.90 Å². The highest BCUT2D eigenvalue weighted by atomic mass is 127. The molecule has 0 amide bonds. The van der Waals surface area contributed by atoms with Crippen LogP contribution in [0.5, 0.6) is 0 Å². The van der Waals surface area contributed by atoms with E-state index in [0.717, 1.165) is 31.9 Å². The predicted octanol–water partition coefficient (Wildman–Crippen LogP) is 2.68. The van der Waals surface area contributed by atoms with Crippen LogP contribution in [0.1, 0.15) is 19.4 Å². The van der Waals surface area contributed by atoms with Crippen LogP contribution in [0.4, 0.5) is 5.69 Å². The maximum absolute atomic E-state index is 5.85. The molecule has 0 aromatic heterocycles. The largest absolute Gasteiger partial charge is 0.370 e. The van der Waals surface area contributed by atoms with E-state index in [1.807, 2.05) is 18.2 Å². The molecule has 19 heavy (non-hydrogen) atoms. The van der Waals surface area contributed by atoms with Gasteiger partial charge in [-0.15, -0.1) is 24.0 Å². The fourth-order valence-corrected chi connectivity index (χ4v) is 1.76. The van der Waals surface area contributed by atoms with Gasteiger partial charge in [0.2, 0.25) is 0 Å². The zero-order valence-corrected chi connectivity index (χ0v) is 14.3. The molecule has 0 bridgehead atoms. The van der Waals surface area contributed by atoms with Gasteiger partial charge in [-0.05, 0) is 37.7 Å². The Morgan fingerprint density at radius 3 is 2.58 bits per heavy atom. The highest BCUT2D eigenvalue weighted by Gasteiger charge is 1.98. The Balaban J connectivity index is 0.00000324. The van der Waals surface area contributed by atoms with E-state index in [2.05, 4.69) is 42.0 Å². The highest BCUT2D eigenvalue weighted by Crippen LogP contribution is 2.08. The van der Waals surface area contributed by atoms with E-state index in [-0.39, 0.29) is 24.0 Å². The number of hydrogen-bond donors (Lipinski definition) is 2. The van der Waals surface area contributed by atoms with Crippen molar-refractivity contribution in [2.75, 3.05) is 31.5 Å². The SMILES string of the molecule is CCN(CC)CCN=C(N)Nc1cccc(C)c1.I. The Bertz CT molecular complexity index is 389. The number of likely N-dealkylation sites (N-methyl/N-ethyl adjacent to an activating group) is 1. The van der Waals surface area contributed by atoms with Crippen molar-refractivity contribution in [3.05, 3.63) is 29.8 Å². The number of nitrogens with zero attached hydrogens (tertiary/aromatic N) is 2. The van der Waals surface area contributed by atoms with Crippen molar-refractivity contribution in [2.45, 2.75) is 20.8 Å². The quantitative estimate of drug-likeness (QED) is 0.456. The summed E-state index contributed by atoms with van der Waals surface area (Å²) in [6.07, 6.45) is 0. The third-order valence-corrected chi connectivity index (χ3v) is 2.88. The monoisotopic (exact) mass is 376 g/mol. The Hall–Kier alpha value is -0.820. The van der Waals surface area contributed by atoms with E-state index in [0.29, 0.717) is 5.96 Å². The lowest BCUT2D eigenvalue weighted by atomic mass is 10.2. The summed E-state index contributed by atoms with van der Waals surface area (Å²) in [6, 6.07) is 8.09. The molecule has 0 fully saturated rings. The number of rotatable bonds is 6. The molecule has 0 aliphatic rings. The van der Waals surface area contributed by atoms with Gasteiger partial charge >= 0.3 is 0 Å². The first-order chi connectivity index (χ1) is 8.65. The molecule has 0 atom stereocenters. The topological polar surface area (TPSA) is 53.6 Å². The van der Waals surface area contributed by atoms with E-state index in [4.69, 9.17) is 5.73 Å². The van der Waals surface area contributed by atoms with Gasteiger partial charge in [0.05, 0.1) is 6.54 Å². The summed E-state index contributed by atoms with van der Waals surface area (Å²) in [6.45, 7) is 10.1. The van der Waals surface area contributed by atoms with Crippen LogP contribution >= 0.6 is 24.0 Å². The van der Waals surface area contributed by atoms with Gasteiger partial charge < -0.3 is 16.0 Å². The molecule has 0 aliphatic carbocycles. The number of guanidine groups is 1. The third kappa shape index (κ3) is 7.37. The van der Waals surface area contributed by atoms with Crippen LogP contribution in [0.15, 0.2) is 29.3 Å². The Labute approximate surface area is 133 Å². The predicted molar refractivity (Wildman–Crippen MR) is 94.5 cm³/mol. The van der Waals surface area contributed by atoms with Crippen LogP contribution < -0.4 is 11.1 Å². The van der Waals surface area contributed by atoms with Gasteiger partial charge in [0.1, 0.15) is 0 Å². The summed E-state index contributed by atoms with van der Waals surface area (Å²) >= 11 is 0. The second-order valence-corrected chi connectivity index (χ2v) is 4.29. The number of aliphatic imine (C=N–C) groups is 1. The Kier molecular flexibility index (Phi) is 9.59. The molecule has 0 saturated heterocycles. The van der Waals surface area contributed by atoms with Crippen molar-refractivity contribution in [3.8, 4) is 0 Å². The number of nitrogens with one attached hydrogen (secondary N) is 1. The van der Waals surface area contributed by atoms with Crippen molar-refractivity contribution < 1.29 is 0 Å². The fraction of sp³-hybridized carbons (Fsp3) is 0.500. The van der Waals surface area contributed by atoms with Gasteiger partial charge in [-0.2, -0.15) is 0 Å². The molecular weight excluding hydrogens is 351 g/mol. The molecule has 1 aromatic carbocycles. The number of halogens is 1. The lowest BCUT2D eigenvalue weighted by Crippen LogP contribution is -2.28. The second kappa shape index (κ2) is 10.0. The number of anilines is 1. The van der Waals surface area contributed by atoms with E-state index >= 15 is 0 Å². The van der Waals surface area contributed by atoms with Crippen LogP contribution in [-0.4, -0.2) is 37.0 Å². The molecule has 5 heteroatoms. The van der Waals surface area contributed by atoms with Gasteiger partial charge in [0.15, 0.2) is 5.96 Å². The maximum Gasteiger partial charge on any atom is 0.193 e. The van der Waals surface area contributed by atoms with E-state index in [1.165, 1.54) is 5.56 Å². The minimum Gasteiger partial charge on any atom is -0.370 e. The lowest BCUT2D eigenvalue weighted by Gasteiger charge is -2.16. The van der Waals surface area contributed by atoms with Crippen molar-refractivity contribution in [1.29, 1.82) is 0 Å². The molecule has 3 N–H and O–H groups in total. The zero-order chi connectivity index (χ0) is 13.4. The van der Waals surface area contributed by atoms with Gasteiger partial charge in [-0.25, -0.2) is 0 Å². The molecule has 0 heterocycles. The first-order valence-electron chi connectivity index (χ1n) is 6.51. The summed E-state index contributed by atoms with van der Waals surface area (Å²) in [5, 5.41) is 3.10. The van der Waals surface area contributed by atoms with Crippen LogP contribution in [0, 0.1) is 6.92 Å². The van der Waals surface area contributed by atoms with E-state index in [9.17, 15) is 0 Å². The third-order valence-electron chi connectivity index (χ3n) is 2.88. The zero-order valence-electron chi connectivity index (χ0n) is 12.0.